The second-order valence-electron chi connectivity index (χ2n) is 42.0. The highest BCUT2D eigenvalue weighted by atomic mass is 16.5. The minimum absolute atomic E-state index is 0.0736. The lowest BCUT2D eigenvalue weighted by Gasteiger charge is -2.31. The number of hydrogen-bond acceptors (Lipinski definition) is 29. The molecule has 0 aliphatic rings. The van der Waals surface area contributed by atoms with Gasteiger partial charge in [0.25, 0.3) is 5.89 Å². The number of pyridine rings is 3. The number of ether oxygens (including phenoxy) is 6. The van der Waals surface area contributed by atoms with Crippen molar-refractivity contribution in [3.63, 3.8) is 0 Å². The molecule has 0 amide bonds. The molecule has 0 bridgehead atoms. The molecule has 0 saturated carbocycles. The summed E-state index contributed by atoms with van der Waals surface area (Å²) in [7, 11) is 0. The lowest BCUT2D eigenvalue weighted by molar-refractivity contribution is -0.0181. The smallest absolute Gasteiger partial charge is 0.317 e. The summed E-state index contributed by atoms with van der Waals surface area (Å²) >= 11 is 0. The van der Waals surface area contributed by atoms with Gasteiger partial charge in [0, 0.05) is 111 Å². The second kappa shape index (κ2) is 54.5. The molecule has 12 aromatic heterocycles. The Balaban J connectivity index is 0.000000311. The van der Waals surface area contributed by atoms with Crippen molar-refractivity contribution in [2.24, 2.45) is 43.3 Å². The third kappa shape index (κ3) is 54.3. The van der Waals surface area contributed by atoms with Gasteiger partial charge in [-0.1, -0.05) is 206 Å². The van der Waals surface area contributed by atoms with E-state index in [-0.39, 0.29) is 49.6 Å². The largest absolute Gasteiger partial charge is 0.463 e. The van der Waals surface area contributed by atoms with Gasteiger partial charge in [-0.05, 0) is 189 Å². The maximum Gasteiger partial charge on any atom is 0.317 e. The Hall–Kier alpha value is -12.3. The molecule has 0 spiro atoms. The van der Waals surface area contributed by atoms with E-state index in [2.05, 4.69) is 278 Å². The van der Waals surface area contributed by atoms with Gasteiger partial charge < -0.3 is 42.0 Å². The van der Waals surface area contributed by atoms with Crippen LogP contribution in [-0.2, 0) is 35.5 Å². The fraction of sp³-hybridized carbons (Fsp3) is 0.515. The highest BCUT2D eigenvalue weighted by molar-refractivity contribution is 5.51. The maximum atomic E-state index is 5.59. The Morgan fingerprint density at radius 2 is 0.848 bits per heavy atom. The predicted octanol–water partition coefficient (Wildman–Crippen LogP) is 23.1. The quantitative estimate of drug-likeness (QED) is 0.0537. The van der Waals surface area contributed by atoms with Gasteiger partial charge in [-0.15, -0.1) is 12.8 Å². The molecular formula is C103H146N20O9. The van der Waals surface area contributed by atoms with E-state index in [1.165, 1.54) is 0 Å². The molecule has 29 nitrogen and oxygen atoms in total. The summed E-state index contributed by atoms with van der Waals surface area (Å²) in [5.41, 5.74) is 6.39. The lowest BCUT2D eigenvalue weighted by atomic mass is 9.77. The van der Waals surface area contributed by atoms with Crippen LogP contribution in [0.3, 0.4) is 0 Å². The van der Waals surface area contributed by atoms with Crippen molar-refractivity contribution >= 4 is 0 Å². The number of rotatable bonds is 23. The molecular weight excluding hydrogens is 1660 g/mol. The molecule has 0 saturated heterocycles. The van der Waals surface area contributed by atoms with Crippen LogP contribution in [0.2, 0.25) is 0 Å². The van der Waals surface area contributed by atoms with E-state index in [1.54, 1.807) is 117 Å². The average molecular weight is 1810 g/mol. The standard InChI is InChI=1S/C13H16N2O.C13H22N2O.C12H16N4O.C12H15N3O.2C12H16N2O.C10H16N2O.C10H15NO.C9H14N2O/c1-13(2,3)9-10-8-12(16-15-10)11-6-4-5-7-14-11;1-12(2,3)9-13(4,5)10-16-11-14-7-6-8-15-11;1-8(12(2,3)4)11-15-10(16-17-11)9-13-6-5-7-14-9;1-12(2,3)8-10-14-11(16-15-10)9-6-4-5-7-13-9;1-5-10-6-8-13-11(14-10)15-9-7-12(2,3)4;1-5-10-8-13-11(14-9-10)15-7-6-12(2,3)4;1-10(2,3)5-8-13-9-11-6-4-7-12-9;1-10(2,3)12-8-9-5-4-6-11-7-9;1-9(2,3)12-7-8-10-5-4-6-11-8/h4-8H,9H2,1-3H3;6-8H,9-10H2,1-5H3;5-8H,1-4H3;4-7H,8H2,1-3H3;1,6,8H,7,9H2,2-4H3;1,8-9H,6-7H2,2-4H3;4,6-7H,5,8H2,1-3H3;4-7H,8H2,1-3H3;4-6H,7H2,1-3H3. The highest BCUT2D eigenvalue weighted by Crippen LogP contribution is 2.36. The first-order chi connectivity index (χ1) is 61.6. The van der Waals surface area contributed by atoms with Gasteiger partial charge in [-0.2, -0.15) is 15.0 Å². The van der Waals surface area contributed by atoms with Crippen LogP contribution in [-0.4, -0.2) is 138 Å². The molecule has 132 heavy (non-hydrogen) atoms. The van der Waals surface area contributed by atoms with Gasteiger partial charge in [0.15, 0.2) is 17.4 Å². The highest BCUT2D eigenvalue weighted by Gasteiger charge is 2.29. The third-order valence-electron chi connectivity index (χ3n) is 17.3. The fourth-order valence-corrected chi connectivity index (χ4v) is 10.5. The van der Waals surface area contributed by atoms with Crippen LogP contribution < -0.4 is 18.9 Å². The molecule has 0 aromatic carbocycles. The zero-order valence-electron chi connectivity index (χ0n) is 84.1. The monoisotopic (exact) mass is 1810 g/mol. The Kier molecular flexibility index (Phi) is 46.2. The average Bonchev–Trinajstić information content (AvgIpc) is 1.70. The summed E-state index contributed by atoms with van der Waals surface area (Å²) in [5, 5.41) is 11.9. The van der Waals surface area contributed by atoms with Crippen LogP contribution >= 0.6 is 0 Å². The summed E-state index contributed by atoms with van der Waals surface area (Å²) in [4.78, 5) is 69.4. The minimum atomic E-state index is -0.126. The van der Waals surface area contributed by atoms with Gasteiger partial charge in [0.2, 0.25) is 17.5 Å². The molecule has 1 unspecified atom stereocenters. The van der Waals surface area contributed by atoms with Gasteiger partial charge in [0.1, 0.15) is 23.7 Å². The van der Waals surface area contributed by atoms with E-state index in [0.29, 0.717) is 109 Å². The summed E-state index contributed by atoms with van der Waals surface area (Å²) in [5.74, 6) is 9.32. The van der Waals surface area contributed by atoms with Crippen molar-refractivity contribution in [3.05, 3.63) is 218 Å². The van der Waals surface area contributed by atoms with Gasteiger partial charge >= 0.3 is 24.0 Å². The molecule has 712 valence electrons. The molecule has 12 rings (SSSR count). The van der Waals surface area contributed by atoms with E-state index in [1.807, 2.05) is 102 Å². The molecule has 12 heterocycles. The zero-order chi connectivity index (χ0) is 98.3. The normalized spacial score (nSPS) is 11.8. The first-order valence-electron chi connectivity index (χ1n) is 44.4. The second-order valence-corrected chi connectivity index (χ2v) is 42.0. The molecule has 0 fully saturated rings. The minimum Gasteiger partial charge on any atom is -0.463 e. The Labute approximate surface area is 785 Å². The number of hydrogen-bond donors (Lipinski definition) is 0. The van der Waals surface area contributed by atoms with Crippen LogP contribution in [0.5, 0.6) is 24.0 Å². The van der Waals surface area contributed by atoms with E-state index < -0.39 is 0 Å². The van der Waals surface area contributed by atoms with Crippen molar-refractivity contribution in [1.29, 1.82) is 0 Å². The van der Waals surface area contributed by atoms with E-state index >= 15 is 0 Å². The van der Waals surface area contributed by atoms with Gasteiger partial charge in [0.05, 0.1) is 55.5 Å². The molecule has 1 atom stereocenters. The predicted molar refractivity (Wildman–Crippen MR) is 518 cm³/mol. The molecule has 0 aliphatic heterocycles. The van der Waals surface area contributed by atoms with Crippen LogP contribution in [0.15, 0.2) is 191 Å². The molecule has 0 aliphatic carbocycles. The van der Waals surface area contributed by atoms with Gasteiger partial charge in [-0.3, -0.25) is 15.0 Å². The van der Waals surface area contributed by atoms with E-state index in [4.69, 9.17) is 54.8 Å². The molecule has 0 radical (unpaired) electrons. The van der Waals surface area contributed by atoms with Crippen LogP contribution in [0.25, 0.3) is 34.7 Å². The van der Waals surface area contributed by atoms with Crippen molar-refractivity contribution in [2.75, 3.05) is 26.4 Å². The number of terminal acetylenes is 2. The van der Waals surface area contributed by atoms with Crippen LogP contribution in [0, 0.1) is 68.0 Å². The van der Waals surface area contributed by atoms with Gasteiger partial charge in [-0.25, -0.2) is 54.8 Å². The molecule has 0 N–H and O–H groups in total. The first kappa shape index (κ1) is 112. The summed E-state index contributed by atoms with van der Waals surface area (Å²) < 4.78 is 48.5. The fourth-order valence-electron chi connectivity index (χ4n) is 10.5. The SMILES string of the molecule is C#Cc1ccnc(OCCC(C)(C)C)n1.C#Cc1cnc(OCCC(C)(C)C)nc1.CC(C)(C)CC(C)(C)COc1ncccn1.CC(C)(C)CCOc1ncccn1.CC(C)(C)Cc1cc(-c2ccccn2)on1.CC(C)(C)Cc1noc(-c2ccccn2)n1.CC(C)(C)OCc1cccnc1.CC(C)(C)OCc1ncccn1.CC(c1nc(-c2ncccn2)no1)C(C)(C)C. The van der Waals surface area contributed by atoms with Crippen molar-refractivity contribution < 1.29 is 42.0 Å². The summed E-state index contributed by atoms with van der Waals surface area (Å²) in [6, 6.07) is 27.7. The molecule has 12 aromatic rings. The lowest BCUT2D eigenvalue weighted by Crippen LogP contribution is -2.27. The van der Waals surface area contributed by atoms with E-state index in [9.17, 15) is 0 Å². The third-order valence-corrected chi connectivity index (χ3v) is 17.3. The van der Waals surface area contributed by atoms with Crippen LogP contribution in [0.1, 0.15) is 279 Å². The maximum absolute atomic E-state index is 5.59. The Bertz CT molecular complexity index is 5010. The molecule has 29 heteroatoms. The first-order valence-corrected chi connectivity index (χ1v) is 44.4. The topological polar surface area (TPSA) is 353 Å². The van der Waals surface area contributed by atoms with Crippen molar-refractivity contribution in [1.82, 2.24) is 100 Å². The van der Waals surface area contributed by atoms with Crippen molar-refractivity contribution in [3.8, 4) is 83.4 Å². The Morgan fingerprint density at radius 1 is 0.371 bits per heavy atom. The zero-order valence-corrected chi connectivity index (χ0v) is 84.1. The summed E-state index contributed by atoms with van der Waals surface area (Å²) in [6.45, 7) is 68.0. The van der Waals surface area contributed by atoms with E-state index in [0.717, 1.165) is 78.6 Å². The Morgan fingerprint density at radius 3 is 1.31 bits per heavy atom. The van der Waals surface area contributed by atoms with Crippen LogP contribution in [0.4, 0.5) is 0 Å². The van der Waals surface area contributed by atoms with Crippen molar-refractivity contribution in [2.45, 2.75) is 277 Å². The summed E-state index contributed by atoms with van der Waals surface area (Å²) in [6.07, 6.45) is 41.5. The number of aromatic nitrogens is 20. The number of nitrogens with zero attached hydrogens (tertiary/aromatic N) is 20.